The average molecular weight is 602 g/mol. The third-order valence-electron chi connectivity index (χ3n) is 8.98. The molecule has 7 heteroatoms. The Morgan fingerprint density at radius 1 is 0.837 bits per heavy atom. The Kier molecular flexibility index (Phi) is 10.1. The smallest absolute Gasteiger partial charge is 0.459 e. The highest BCUT2D eigenvalue weighted by atomic mass is 31.2. The third kappa shape index (κ3) is 7.79. The van der Waals surface area contributed by atoms with Crippen molar-refractivity contribution in [2.45, 2.75) is 76.9 Å². The monoisotopic (exact) mass is 601 g/mol. The van der Waals surface area contributed by atoms with Crippen LogP contribution in [-0.4, -0.2) is 29.3 Å². The van der Waals surface area contributed by atoms with Crippen LogP contribution in [0, 0.1) is 11.8 Å². The molecule has 0 bridgehead atoms. The van der Waals surface area contributed by atoms with Crippen molar-refractivity contribution in [3.63, 3.8) is 0 Å². The molecule has 43 heavy (non-hydrogen) atoms. The van der Waals surface area contributed by atoms with Gasteiger partial charge in [0, 0.05) is 24.6 Å². The number of piperidine rings is 1. The van der Waals surface area contributed by atoms with Gasteiger partial charge in [-0.15, -0.1) is 0 Å². The third-order valence-corrected chi connectivity index (χ3v) is 11.0. The lowest BCUT2D eigenvalue weighted by Crippen LogP contribution is -2.43. The second kappa shape index (κ2) is 14.0. The molecule has 1 aliphatic carbocycles. The molecule has 2 fully saturated rings. The number of nitrogens with zero attached hydrogens (tertiary/aromatic N) is 1. The van der Waals surface area contributed by atoms with Gasteiger partial charge in [-0.05, 0) is 66.8 Å². The highest BCUT2D eigenvalue weighted by molar-refractivity contribution is 7.52. The molecule has 3 aromatic carbocycles. The van der Waals surface area contributed by atoms with E-state index in [1.54, 1.807) is 28.9 Å². The van der Waals surface area contributed by atoms with Crippen molar-refractivity contribution in [2.24, 2.45) is 11.8 Å². The van der Waals surface area contributed by atoms with Gasteiger partial charge < -0.3 is 13.8 Å². The van der Waals surface area contributed by atoms with Crippen LogP contribution in [0.5, 0.6) is 11.5 Å². The van der Waals surface area contributed by atoms with Crippen molar-refractivity contribution in [3.05, 3.63) is 109 Å². The van der Waals surface area contributed by atoms with Crippen molar-refractivity contribution >= 4 is 13.7 Å². The van der Waals surface area contributed by atoms with Gasteiger partial charge in [-0.2, -0.15) is 4.67 Å². The standard InChI is InChI=1S/C36H44NO5P/c1-28-22-24-33(36(2,3)29-15-7-4-8-16-29)34(27-28)40-35(38)25-23-30-17-13-14-26-37(30)43(39,41-31-18-9-5-10-19-31)42-32-20-11-6-12-21-32/h4-12,15-16,18-21,23,25,28,30,33-34H,13-14,17,22,24,26-27H2,1-3H3/b25-23-/t28-,30-,33-,34-/m1/s1. The molecule has 0 radical (unpaired) electrons. The van der Waals surface area contributed by atoms with Gasteiger partial charge in [0.05, 0.1) is 0 Å². The molecule has 1 saturated carbocycles. The van der Waals surface area contributed by atoms with Crippen molar-refractivity contribution in [3.8, 4) is 11.5 Å². The average Bonchev–Trinajstić information content (AvgIpc) is 3.01. The molecule has 0 aromatic heterocycles. The van der Waals surface area contributed by atoms with E-state index in [1.807, 2.05) is 48.5 Å². The SMILES string of the molecule is C[C@@H]1CC[C@@H](C(C)(C)c2ccccc2)[C@H](OC(=O)/C=C\[C@H]2CCCCN2P(=O)(Oc2ccccc2)Oc2ccccc2)C1. The second-order valence-electron chi connectivity index (χ2n) is 12.5. The summed E-state index contributed by atoms with van der Waals surface area (Å²) in [5.74, 6) is 1.28. The molecule has 4 atom stereocenters. The molecule has 1 saturated heterocycles. The molecule has 0 unspecified atom stereocenters. The number of carbonyl (C=O) groups excluding carboxylic acids is 1. The fourth-order valence-corrected chi connectivity index (χ4v) is 8.50. The molecule has 0 spiro atoms. The van der Waals surface area contributed by atoms with Gasteiger partial charge in [0.1, 0.15) is 17.6 Å². The van der Waals surface area contributed by atoms with Gasteiger partial charge in [-0.25, -0.2) is 9.36 Å². The summed E-state index contributed by atoms with van der Waals surface area (Å²) >= 11 is 0. The van der Waals surface area contributed by atoms with Crippen LogP contribution >= 0.6 is 7.75 Å². The first-order chi connectivity index (χ1) is 20.7. The molecular formula is C36H44NO5P. The van der Waals surface area contributed by atoms with Gasteiger partial charge in [-0.3, -0.25) is 0 Å². The number of carbonyl (C=O) groups is 1. The van der Waals surface area contributed by atoms with E-state index in [9.17, 15) is 9.36 Å². The van der Waals surface area contributed by atoms with E-state index in [1.165, 1.54) is 11.6 Å². The Morgan fingerprint density at radius 3 is 2.02 bits per heavy atom. The molecule has 1 heterocycles. The summed E-state index contributed by atoms with van der Waals surface area (Å²) in [7, 11) is -3.83. The van der Waals surface area contributed by atoms with E-state index in [0.29, 0.717) is 24.0 Å². The zero-order chi connectivity index (χ0) is 30.3. The molecule has 1 aliphatic heterocycles. The Hall–Kier alpha value is -3.34. The van der Waals surface area contributed by atoms with E-state index in [-0.39, 0.29) is 29.4 Å². The largest absolute Gasteiger partial charge is 0.516 e. The first-order valence-electron chi connectivity index (χ1n) is 15.6. The van der Waals surface area contributed by atoms with E-state index < -0.39 is 7.75 Å². The minimum atomic E-state index is -3.83. The topological polar surface area (TPSA) is 65.1 Å². The predicted molar refractivity (Wildman–Crippen MR) is 171 cm³/mol. The fraction of sp³-hybridized carbons (Fsp3) is 0.417. The summed E-state index contributed by atoms with van der Waals surface area (Å²) < 4.78 is 34.8. The maximum absolute atomic E-state index is 14.5. The number of benzene rings is 3. The first kappa shape index (κ1) is 31.1. The maximum atomic E-state index is 14.5. The first-order valence-corrected chi connectivity index (χ1v) is 17.0. The van der Waals surface area contributed by atoms with Gasteiger partial charge in [0.2, 0.25) is 0 Å². The van der Waals surface area contributed by atoms with E-state index in [2.05, 4.69) is 45.0 Å². The number of para-hydroxylation sites is 2. The van der Waals surface area contributed by atoms with Crippen LogP contribution in [0.2, 0.25) is 0 Å². The fourth-order valence-electron chi connectivity index (χ4n) is 6.54. The normalized spacial score (nSPS) is 23.5. The number of hydrogen-bond acceptors (Lipinski definition) is 5. The van der Waals surface area contributed by atoms with Crippen LogP contribution in [0.15, 0.2) is 103 Å². The Morgan fingerprint density at radius 2 is 1.42 bits per heavy atom. The number of hydrogen-bond donors (Lipinski definition) is 0. The Bertz CT molecular complexity index is 1350. The summed E-state index contributed by atoms with van der Waals surface area (Å²) in [6.07, 6.45) is 8.68. The molecule has 6 nitrogen and oxygen atoms in total. The molecular weight excluding hydrogens is 557 g/mol. The van der Waals surface area contributed by atoms with Gasteiger partial charge in [-0.1, -0.05) is 106 Å². The van der Waals surface area contributed by atoms with Crippen molar-refractivity contribution in [2.75, 3.05) is 6.54 Å². The number of rotatable bonds is 10. The molecule has 2 aliphatic rings. The second-order valence-corrected chi connectivity index (χ2v) is 14.3. The van der Waals surface area contributed by atoms with Crippen molar-refractivity contribution < 1.29 is 23.1 Å². The van der Waals surface area contributed by atoms with Gasteiger partial charge >= 0.3 is 13.7 Å². The quantitative estimate of drug-likeness (QED) is 0.131. The zero-order valence-corrected chi connectivity index (χ0v) is 26.4. The molecule has 0 N–H and O–H groups in total. The van der Waals surface area contributed by atoms with E-state index in [0.717, 1.165) is 38.5 Å². The van der Waals surface area contributed by atoms with Crippen LogP contribution in [0.25, 0.3) is 0 Å². The summed E-state index contributed by atoms with van der Waals surface area (Å²) in [5, 5.41) is 0. The summed E-state index contributed by atoms with van der Waals surface area (Å²) in [4.78, 5) is 13.3. The zero-order valence-electron chi connectivity index (χ0n) is 25.5. The lowest BCUT2D eigenvalue weighted by atomic mass is 9.64. The van der Waals surface area contributed by atoms with Crippen molar-refractivity contribution in [1.29, 1.82) is 0 Å². The summed E-state index contributed by atoms with van der Waals surface area (Å²) in [6, 6.07) is 28.4. The van der Waals surface area contributed by atoms with Crippen LogP contribution < -0.4 is 9.05 Å². The predicted octanol–water partition coefficient (Wildman–Crippen LogP) is 8.99. The molecule has 3 aromatic rings. The molecule has 0 amide bonds. The van der Waals surface area contributed by atoms with Crippen LogP contribution in [0.4, 0.5) is 0 Å². The van der Waals surface area contributed by atoms with E-state index in [4.69, 9.17) is 13.8 Å². The summed E-state index contributed by atoms with van der Waals surface area (Å²) in [6.45, 7) is 7.28. The maximum Gasteiger partial charge on any atom is 0.516 e. The van der Waals surface area contributed by atoms with Gasteiger partial charge in [0.25, 0.3) is 0 Å². The van der Waals surface area contributed by atoms with E-state index >= 15 is 0 Å². The van der Waals surface area contributed by atoms with Crippen LogP contribution in [-0.2, 0) is 19.5 Å². The highest BCUT2D eigenvalue weighted by Gasteiger charge is 2.43. The Balaban J connectivity index is 1.34. The lowest BCUT2D eigenvalue weighted by Gasteiger charge is -2.43. The lowest BCUT2D eigenvalue weighted by molar-refractivity contribution is -0.150. The highest BCUT2D eigenvalue weighted by Crippen LogP contribution is 2.54. The minimum absolute atomic E-state index is 0.133. The molecule has 228 valence electrons. The van der Waals surface area contributed by atoms with Crippen LogP contribution in [0.1, 0.15) is 64.9 Å². The van der Waals surface area contributed by atoms with Crippen LogP contribution in [0.3, 0.4) is 0 Å². The summed E-state index contributed by atoms with van der Waals surface area (Å²) in [5.41, 5.74) is 1.13. The number of ether oxygens (including phenoxy) is 1. The molecule has 5 rings (SSSR count). The van der Waals surface area contributed by atoms with Gasteiger partial charge in [0.15, 0.2) is 0 Å². The Labute approximate surface area is 256 Å². The minimum Gasteiger partial charge on any atom is -0.459 e. The van der Waals surface area contributed by atoms with Crippen molar-refractivity contribution in [1.82, 2.24) is 4.67 Å². The number of esters is 1.